The molecule has 0 saturated heterocycles. The highest BCUT2D eigenvalue weighted by Crippen LogP contribution is 2.28. The van der Waals surface area contributed by atoms with Gasteiger partial charge in [0.05, 0.1) is 5.52 Å². The Kier molecular flexibility index (Phi) is 4.94. The van der Waals surface area contributed by atoms with Gasteiger partial charge in [-0.05, 0) is 41.8 Å². The number of nitrogen functional groups attached to an aromatic ring is 1. The smallest absolute Gasteiger partial charge is 0.240 e. The molecule has 4 nitrogen and oxygen atoms in total. The predicted octanol–water partition coefficient (Wildman–Crippen LogP) is 3.85. The summed E-state index contributed by atoms with van der Waals surface area (Å²) in [5.41, 5.74) is 9.43. The molecule has 2 N–H and O–H groups in total. The zero-order valence-electron chi connectivity index (χ0n) is 11.5. The van der Waals surface area contributed by atoms with Gasteiger partial charge in [-0.2, -0.15) is 0 Å². The van der Waals surface area contributed by atoms with Crippen molar-refractivity contribution >= 4 is 45.8 Å². The maximum Gasteiger partial charge on any atom is 0.240 e. The van der Waals surface area contributed by atoms with Crippen molar-refractivity contribution in [2.45, 2.75) is 6.92 Å². The molecule has 1 aromatic carbocycles. The number of rotatable bonds is 4. The number of halogens is 2. The number of nitrogens with two attached hydrogens (primary N) is 1. The highest BCUT2D eigenvalue weighted by Gasteiger charge is 2.09. The standard InChI is InChI=1S/C15H14Cl2N4/c1-9-7-11(10(2)12(17)5-3-4-6-16)8-13-14(9)19-15(18)21-20-13/h3-5,7-8H,2,6H2,1H3,(H2,18,19,21)/b4-3-,12-5+. The second kappa shape index (κ2) is 6.70. The molecule has 1 aromatic heterocycles. The fraction of sp³-hybridized carbons (Fsp3) is 0.133. The average Bonchev–Trinajstić information content (AvgIpc) is 2.47. The highest BCUT2D eigenvalue weighted by molar-refractivity contribution is 6.37. The van der Waals surface area contributed by atoms with Crippen molar-refractivity contribution in [1.29, 1.82) is 0 Å². The van der Waals surface area contributed by atoms with Crippen LogP contribution in [-0.4, -0.2) is 21.1 Å². The lowest BCUT2D eigenvalue weighted by Gasteiger charge is -2.08. The van der Waals surface area contributed by atoms with Gasteiger partial charge in [-0.1, -0.05) is 30.3 Å². The molecule has 0 spiro atoms. The molecule has 0 atom stereocenters. The molecule has 0 bridgehead atoms. The van der Waals surface area contributed by atoms with Gasteiger partial charge < -0.3 is 5.73 Å². The lowest BCUT2D eigenvalue weighted by Crippen LogP contribution is -1.99. The summed E-state index contributed by atoms with van der Waals surface area (Å²) < 4.78 is 0. The van der Waals surface area contributed by atoms with E-state index in [0.29, 0.717) is 22.0 Å². The van der Waals surface area contributed by atoms with Crippen LogP contribution in [-0.2, 0) is 0 Å². The minimum atomic E-state index is 0.154. The van der Waals surface area contributed by atoms with Crippen molar-refractivity contribution in [2.24, 2.45) is 0 Å². The summed E-state index contributed by atoms with van der Waals surface area (Å²) in [5.74, 6) is 0.589. The third kappa shape index (κ3) is 3.60. The second-order valence-electron chi connectivity index (χ2n) is 4.41. The number of aryl methyl sites for hydroxylation is 1. The van der Waals surface area contributed by atoms with Gasteiger partial charge >= 0.3 is 0 Å². The van der Waals surface area contributed by atoms with E-state index in [-0.39, 0.29) is 5.95 Å². The number of allylic oxidation sites excluding steroid dienone is 5. The van der Waals surface area contributed by atoms with Gasteiger partial charge in [-0.3, -0.25) is 0 Å². The Balaban J connectivity index is 2.43. The highest BCUT2D eigenvalue weighted by atomic mass is 35.5. The number of fused-ring (bicyclic) bond motifs is 1. The fourth-order valence-corrected chi connectivity index (χ4v) is 2.13. The molecule has 0 radical (unpaired) electrons. The summed E-state index contributed by atoms with van der Waals surface area (Å²) in [7, 11) is 0. The Hall–Kier alpha value is -1.91. The molecular weight excluding hydrogens is 307 g/mol. The van der Waals surface area contributed by atoms with E-state index in [9.17, 15) is 0 Å². The second-order valence-corrected chi connectivity index (χ2v) is 5.12. The van der Waals surface area contributed by atoms with Crippen molar-refractivity contribution in [3.05, 3.63) is 53.1 Å². The Morgan fingerprint density at radius 1 is 1.38 bits per heavy atom. The topological polar surface area (TPSA) is 64.7 Å². The molecule has 0 aliphatic rings. The van der Waals surface area contributed by atoms with Gasteiger partial charge in [-0.25, -0.2) is 4.98 Å². The molecule has 0 amide bonds. The zero-order chi connectivity index (χ0) is 15.4. The molecule has 0 aliphatic carbocycles. The molecule has 0 aliphatic heterocycles. The predicted molar refractivity (Wildman–Crippen MR) is 89.3 cm³/mol. The Morgan fingerprint density at radius 2 is 2.14 bits per heavy atom. The van der Waals surface area contributed by atoms with Gasteiger partial charge in [0.1, 0.15) is 5.52 Å². The van der Waals surface area contributed by atoms with E-state index in [4.69, 9.17) is 28.9 Å². The summed E-state index contributed by atoms with van der Waals surface area (Å²) in [5, 5.41) is 8.35. The SMILES string of the molecule is C=C(/C(Cl)=C\C=C/CCl)c1cc(C)c2nc(N)nnc2c1. The largest absolute Gasteiger partial charge is 0.366 e. The number of anilines is 1. The van der Waals surface area contributed by atoms with Crippen LogP contribution in [0.25, 0.3) is 16.6 Å². The third-order valence-electron chi connectivity index (χ3n) is 2.87. The molecule has 2 rings (SSSR count). The number of hydrogen-bond donors (Lipinski definition) is 1. The summed E-state index contributed by atoms with van der Waals surface area (Å²) in [4.78, 5) is 4.18. The Morgan fingerprint density at radius 3 is 2.86 bits per heavy atom. The molecule has 108 valence electrons. The average molecular weight is 321 g/mol. The van der Waals surface area contributed by atoms with Crippen molar-refractivity contribution < 1.29 is 0 Å². The van der Waals surface area contributed by atoms with Crippen LogP contribution in [0.3, 0.4) is 0 Å². The minimum absolute atomic E-state index is 0.154. The lowest BCUT2D eigenvalue weighted by molar-refractivity contribution is 1.04. The van der Waals surface area contributed by atoms with Gasteiger partial charge in [0, 0.05) is 10.9 Å². The quantitative estimate of drug-likeness (QED) is 0.686. The van der Waals surface area contributed by atoms with Gasteiger partial charge in [0.2, 0.25) is 5.95 Å². The molecule has 0 fully saturated rings. The molecule has 0 unspecified atom stereocenters. The van der Waals surface area contributed by atoms with Gasteiger partial charge in [-0.15, -0.1) is 21.8 Å². The molecule has 1 heterocycles. The summed E-state index contributed by atoms with van der Waals surface area (Å²) >= 11 is 11.8. The van der Waals surface area contributed by atoms with Crippen LogP contribution in [0, 0.1) is 6.92 Å². The van der Waals surface area contributed by atoms with Gasteiger partial charge in [0.25, 0.3) is 0 Å². The first-order valence-electron chi connectivity index (χ1n) is 6.21. The first-order chi connectivity index (χ1) is 10.0. The fourth-order valence-electron chi connectivity index (χ4n) is 1.84. The summed E-state index contributed by atoms with van der Waals surface area (Å²) in [6.45, 7) is 5.94. The van der Waals surface area contributed by atoms with Gasteiger partial charge in [0.15, 0.2) is 0 Å². The zero-order valence-corrected chi connectivity index (χ0v) is 13.0. The molecule has 6 heteroatoms. The van der Waals surface area contributed by atoms with Crippen molar-refractivity contribution in [3.63, 3.8) is 0 Å². The maximum absolute atomic E-state index is 6.23. The number of aromatic nitrogens is 3. The van der Waals surface area contributed by atoms with Crippen molar-refractivity contribution in [3.8, 4) is 0 Å². The van der Waals surface area contributed by atoms with Crippen molar-refractivity contribution in [1.82, 2.24) is 15.2 Å². The molecular formula is C15H14Cl2N4. The third-order valence-corrected chi connectivity index (χ3v) is 3.40. The van der Waals surface area contributed by atoms with E-state index in [1.165, 1.54) is 0 Å². The van der Waals surface area contributed by atoms with E-state index in [2.05, 4.69) is 21.8 Å². The monoisotopic (exact) mass is 320 g/mol. The first-order valence-corrected chi connectivity index (χ1v) is 7.12. The van der Waals surface area contributed by atoms with E-state index in [1.54, 1.807) is 18.2 Å². The Bertz CT molecular complexity index is 751. The maximum atomic E-state index is 6.23. The van der Waals surface area contributed by atoms with Crippen LogP contribution < -0.4 is 5.73 Å². The van der Waals surface area contributed by atoms with Crippen molar-refractivity contribution in [2.75, 3.05) is 11.6 Å². The summed E-state index contributed by atoms with van der Waals surface area (Å²) in [6, 6.07) is 3.78. The molecule has 2 aromatic rings. The van der Waals surface area contributed by atoms with Crippen LogP contribution in [0.1, 0.15) is 11.1 Å². The lowest BCUT2D eigenvalue weighted by atomic mass is 10.0. The van der Waals surface area contributed by atoms with Crippen LogP contribution in [0.5, 0.6) is 0 Å². The molecule has 21 heavy (non-hydrogen) atoms. The van der Waals surface area contributed by atoms with Crippen LogP contribution in [0.4, 0.5) is 5.95 Å². The van der Waals surface area contributed by atoms with E-state index in [0.717, 1.165) is 16.6 Å². The molecule has 0 saturated carbocycles. The van der Waals surface area contributed by atoms with Crippen LogP contribution in [0.15, 0.2) is 42.0 Å². The van der Waals surface area contributed by atoms with E-state index < -0.39 is 0 Å². The normalized spacial score (nSPS) is 12.2. The first kappa shape index (κ1) is 15.5. The number of alkyl halides is 1. The number of nitrogens with zero attached hydrogens (tertiary/aromatic N) is 3. The number of benzene rings is 1. The van der Waals surface area contributed by atoms with E-state index in [1.807, 2.05) is 19.1 Å². The summed E-state index contributed by atoms with van der Waals surface area (Å²) in [6.07, 6.45) is 5.33. The number of hydrogen-bond acceptors (Lipinski definition) is 4. The minimum Gasteiger partial charge on any atom is -0.366 e. The Labute approximate surface area is 133 Å². The van der Waals surface area contributed by atoms with Crippen LogP contribution >= 0.6 is 23.2 Å². The van der Waals surface area contributed by atoms with E-state index >= 15 is 0 Å². The van der Waals surface area contributed by atoms with Crippen LogP contribution in [0.2, 0.25) is 0 Å².